The van der Waals surface area contributed by atoms with Crippen LogP contribution in [-0.4, -0.2) is 73.1 Å². The minimum Gasteiger partial charge on any atom is -0.507 e. The number of unbranched alkanes of at least 4 members (excludes halogenated alkanes) is 2. The average Bonchev–Trinajstić information content (AvgIpc) is 3.23. The Labute approximate surface area is 244 Å². The third-order valence-corrected chi connectivity index (χ3v) is 7.53. The number of Topliss-reactive ketones (excluding diaryl/α,β-unsaturated/α-hetero) is 1. The standard InChI is InChI=1S/C33H46N2O6/c1-7-11-12-20-41-27-16-13-24(22-28(27)39-6)30-29(32(37)33(38)35(30)18-17-34(9-3)10-4)31(36)26-15-14-25(21-23(26)5)40-19-8-2/h13-16,21-22,30,36H,7-12,17-20H2,1-6H3. The Morgan fingerprint density at radius 1 is 0.927 bits per heavy atom. The van der Waals surface area contributed by atoms with Gasteiger partial charge in [-0.25, -0.2) is 0 Å². The summed E-state index contributed by atoms with van der Waals surface area (Å²) in [5.74, 6) is 0.293. The Balaban J connectivity index is 2.08. The van der Waals surface area contributed by atoms with Gasteiger partial charge in [-0.1, -0.05) is 46.6 Å². The number of likely N-dealkylation sites (tertiary alicyclic amines) is 1. The molecule has 0 radical (unpaired) electrons. The number of rotatable bonds is 16. The minimum absolute atomic E-state index is 0.0681. The zero-order chi connectivity index (χ0) is 29.9. The molecule has 0 bridgehead atoms. The number of hydrogen-bond donors (Lipinski definition) is 1. The van der Waals surface area contributed by atoms with Gasteiger partial charge in [-0.15, -0.1) is 0 Å². The van der Waals surface area contributed by atoms with Crippen molar-refractivity contribution in [3.05, 3.63) is 58.7 Å². The van der Waals surface area contributed by atoms with Crippen molar-refractivity contribution >= 4 is 17.4 Å². The Morgan fingerprint density at radius 2 is 1.68 bits per heavy atom. The van der Waals surface area contributed by atoms with Crippen LogP contribution in [0.25, 0.3) is 5.76 Å². The first-order valence-corrected chi connectivity index (χ1v) is 14.9. The van der Waals surface area contributed by atoms with Crippen molar-refractivity contribution in [3.8, 4) is 17.2 Å². The Bertz CT molecular complexity index is 1220. The highest BCUT2D eigenvalue weighted by molar-refractivity contribution is 6.46. The molecule has 0 aliphatic carbocycles. The molecule has 8 nitrogen and oxygen atoms in total. The van der Waals surface area contributed by atoms with Crippen molar-refractivity contribution in [2.45, 2.75) is 66.3 Å². The highest BCUT2D eigenvalue weighted by atomic mass is 16.5. The molecule has 41 heavy (non-hydrogen) atoms. The van der Waals surface area contributed by atoms with Crippen LogP contribution in [0.1, 0.15) is 76.1 Å². The van der Waals surface area contributed by atoms with E-state index in [0.29, 0.717) is 54.7 Å². The lowest BCUT2D eigenvalue weighted by Crippen LogP contribution is -2.38. The topological polar surface area (TPSA) is 88.5 Å². The monoisotopic (exact) mass is 566 g/mol. The lowest BCUT2D eigenvalue weighted by atomic mass is 9.93. The summed E-state index contributed by atoms with van der Waals surface area (Å²) in [5.41, 5.74) is 1.98. The molecule has 1 N–H and O–H groups in total. The fraction of sp³-hybridized carbons (Fsp3) is 0.515. The number of benzene rings is 2. The summed E-state index contributed by atoms with van der Waals surface area (Å²) in [6.45, 7) is 13.9. The predicted octanol–water partition coefficient (Wildman–Crippen LogP) is 6.12. The van der Waals surface area contributed by atoms with Crippen molar-refractivity contribution in [2.24, 2.45) is 0 Å². The molecule has 1 aliphatic heterocycles. The molecule has 3 rings (SSSR count). The lowest BCUT2D eigenvalue weighted by Gasteiger charge is -2.28. The fourth-order valence-electron chi connectivity index (χ4n) is 5.11. The molecule has 2 aromatic carbocycles. The number of nitrogens with zero attached hydrogens (tertiary/aromatic N) is 2. The van der Waals surface area contributed by atoms with E-state index < -0.39 is 17.7 Å². The maximum atomic E-state index is 13.5. The van der Waals surface area contributed by atoms with E-state index in [1.54, 1.807) is 30.2 Å². The average molecular weight is 567 g/mol. The molecule has 2 aromatic rings. The summed E-state index contributed by atoms with van der Waals surface area (Å²) in [6, 6.07) is 10.0. The molecule has 1 aliphatic rings. The van der Waals surface area contributed by atoms with Crippen LogP contribution < -0.4 is 14.2 Å². The number of carbonyl (C=O) groups is 2. The zero-order valence-electron chi connectivity index (χ0n) is 25.5. The van der Waals surface area contributed by atoms with Crippen LogP contribution in [-0.2, 0) is 9.59 Å². The quantitative estimate of drug-likeness (QED) is 0.113. The summed E-state index contributed by atoms with van der Waals surface area (Å²) in [5, 5.41) is 11.6. The number of aryl methyl sites for hydroxylation is 1. The number of hydrogen-bond acceptors (Lipinski definition) is 7. The number of ether oxygens (including phenoxy) is 3. The van der Waals surface area contributed by atoms with Gasteiger partial charge >= 0.3 is 0 Å². The molecule has 224 valence electrons. The van der Waals surface area contributed by atoms with Crippen molar-refractivity contribution in [1.29, 1.82) is 0 Å². The maximum Gasteiger partial charge on any atom is 0.295 e. The van der Waals surface area contributed by atoms with E-state index in [9.17, 15) is 14.7 Å². The molecule has 0 aromatic heterocycles. The van der Waals surface area contributed by atoms with E-state index in [2.05, 4.69) is 25.7 Å². The second-order valence-electron chi connectivity index (χ2n) is 10.3. The third-order valence-electron chi connectivity index (χ3n) is 7.53. The predicted molar refractivity (Wildman–Crippen MR) is 162 cm³/mol. The van der Waals surface area contributed by atoms with Gasteiger partial charge in [-0.2, -0.15) is 0 Å². The molecule has 1 fully saturated rings. The summed E-state index contributed by atoms with van der Waals surface area (Å²) in [7, 11) is 1.57. The number of amides is 1. The Hall–Kier alpha value is -3.52. The normalized spacial score (nSPS) is 16.5. The van der Waals surface area contributed by atoms with E-state index in [1.807, 2.05) is 32.0 Å². The smallest absolute Gasteiger partial charge is 0.295 e. The molecule has 1 amide bonds. The van der Waals surface area contributed by atoms with Crippen LogP contribution in [0.15, 0.2) is 42.0 Å². The van der Waals surface area contributed by atoms with Crippen molar-refractivity contribution in [3.63, 3.8) is 0 Å². The number of aliphatic hydroxyl groups excluding tert-OH is 1. The highest BCUT2D eigenvalue weighted by Crippen LogP contribution is 2.42. The number of carbonyl (C=O) groups excluding carboxylic acids is 2. The molecule has 0 saturated carbocycles. The van der Waals surface area contributed by atoms with Gasteiger partial charge in [-0.05, 0) is 74.3 Å². The van der Waals surface area contributed by atoms with Gasteiger partial charge in [-0.3, -0.25) is 9.59 Å². The van der Waals surface area contributed by atoms with E-state index in [-0.39, 0.29) is 11.3 Å². The first kappa shape index (κ1) is 32.0. The molecule has 1 atom stereocenters. The van der Waals surface area contributed by atoms with Crippen LogP contribution in [0.4, 0.5) is 0 Å². The zero-order valence-corrected chi connectivity index (χ0v) is 25.5. The van der Waals surface area contributed by atoms with Gasteiger partial charge in [0.25, 0.3) is 11.7 Å². The summed E-state index contributed by atoms with van der Waals surface area (Å²) >= 11 is 0. The van der Waals surface area contributed by atoms with E-state index >= 15 is 0 Å². The number of methoxy groups -OCH3 is 1. The Morgan fingerprint density at radius 3 is 2.32 bits per heavy atom. The fourth-order valence-corrected chi connectivity index (χ4v) is 5.11. The van der Waals surface area contributed by atoms with Crippen LogP contribution in [0.2, 0.25) is 0 Å². The molecule has 1 heterocycles. The largest absolute Gasteiger partial charge is 0.507 e. The van der Waals surface area contributed by atoms with Gasteiger partial charge in [0.1, 0.15) is 11.5 Å². The molecule has 1 saturated heterocycles. The molecule has 0 spiro atoms. The first-order chi connectivity index (χ1) is 19.8. The van der Waals surface area contributed by atoms with Crippen molar-refractivity contribution in [2.75, 3.05) is 46.5 Å². The number of ketones is 1. The van der Waals surface area contributed by atoms with Gasteiger partial charge in [0, 0.05) is 18.7 Å². The minimum atomic E-state index is -0.774. The van der Waals surface area contributed by atoms with Gasteiger partial charge in [0.05, 0.1) is 31.9 Å². The van der Waals surface area contributed by atoms with E-state index in [4.69, 9.17) is 14.2 Å². The second kappa shape index (κ2) is 15.5. The number of likely N-dealkylation sites (N-methyl/N-ethyl adjacent to an activating group) is 1. The van der Waals surface area contributed by atoms with Crippen molar-refractivity contribution < 1.29 is 28.9 Å². The first-order valence-electron chi connectivity index (χ1n) is 14.9. The van der Waals surface area contributed by atoms with Crippen LogP contribution >= 0.6 is 0 Å². The SMILES string of the molecule is CCCCCOc1ccc(C2C(=C(O)c3ccc(OCCC)cc3C)C(=O)C(=O)N2CCN(CC)CC)cc1OC. The van der Waals surface area contributed by atoms with Gasteiger partial charge in [0.15, 0.2) is 11.5 Å². The highest BCUT2D eigenvalue weighted by Gasteiger charge is 2.46. The van der Waals surface area contributed by atoms with Gasteiger partial charge in [0.2, 0.25) is 0 Å². The van der Waals surface area contributed by atoms with Crippen molar-refractivity contribution in [1.82, 2.24) is 9.80 Å². The molecular formula is C33H46N2O6. The lowest BCUT2D eigenvalue weighted by molar-refractivity contribution is -0.140. The maximum absolute atomic E-state index is 13.5. The van der Waals surface area contributed by atoms with Crippen LogP contribution in [0.5, 0.6) is 17.2 Å². The summed E-state index contributed by atoms with van der Waals surface area (Å²) in [4.78, 5) is 30.7. The number of aliphatic hydroxyl groups is 1. The summed E-state index contributed by atoms with van der Waals surface area (Å²) < 4.78 is 17.4. The van der Waals surface area contributed by atoms with Crippen LogP contribution in [0.3, 0.4) is 0 Å². The van der Waals surface area contributed by atoms with Gasteiger partial charge < -0.3 is 29.1 Å². The van der Waals surface area contributed by atoms with Crippen LogP contribution in [0, 0.1) is 6.92 Å². The second-order valence-corrected chi connectivity index (χ2v) is 10.3. The van der Waals surface area contributed by atoms with E-state index in [0.717, 1.165) is 44.3 Å². The molecular weight excluding hydrogens is 520 g/mol. The summed E-state index contributed by atoms with van der Waals surface area (Å²) in [6.07, 6.45) is 3.99. The Kier molecular flexibility index (Phi) is 12.1. The molecule has 1 unspecified atom stereocenters. The third kappa shape index (κ3) is 7.61. The molecule has 8 heteroatoms. The van der Waals surface area contributed by atoms with E-state index in [1.165, 1.54) is 0 Å².